The number of carbonyl (C=O) groups excluding carboxylic acids is 1. The highest BCUT2D eigenvalue weighted by Gasteiger charge is 2.14. The fraction of sp³-hybridized carbons (Fsp3) is 0.381. The molecule has 28 heavy (non-hydrogen) atoms. The molecule has 7 heteroatoms. The molecule has 0 radical (unpaired) electrons. The Morgan fingerprint density at radius 2 is 1.61 bits per heavy atom. The number of aryl methyl sites for hydroxylation is 3. The molecule has 0 saturated heterocycles. The number of carbonyl (C=O) groups is 1. The minimum Gasteiger partial charge on any atom is -0.484 e. The summed E-state index contributed by atoms with van der Waals surface area (Å²) >= 11 is 0. The standard InChI is InChI=1S/C21H28N2O4S/c1-14(2)12-22-28(25,26)19-8-6-18(7-9-19)27-13-20(24)23-21-16(4)10-15(3)11-17(21)5/h6-11,14,22H,12-13H2,1-5H3,(H,23,24). The first kappa shape index (κ1) is 21.9. The number of ether oxygens (including phenoxy) is 1. The third kappa shape index (κ3) is 6.07. The maximum Gasteiger partial charge on any atom is 0.262 e. The second kappa shape index (κ2) is 9.21. The molecule has 6 nitrogen and oxygen atoms in total. The second-order valence-corrected chi connectivity index (χ2v) is 9.09. The zero-order valence-corrected chi connectivity index (χ0v) is 17.8. The molecule has 0 fully saturated rings. The summed E-state index contributed by atoms with van der Waals surface area (Å²) in [5.74, 6) is 0.373. The predicted octanol–water partition coefficient (Wildman–Crippen LogP) is 3.56. The van der Waals surface area contributed by atoms with E-state index in [4.69, 9.17) is 4.74 Å². The number of anilines is 1. The molecule has 0 saturated carbocycles. The van der Waals surface area contributed by atoms with Crippen LogP contribution in [-0.2, 0) is 14.8 Å². The Hall–Kier alpha value is -2.38. The van der Waals surface area contributed by atoms with Crippen molar-refractivity contribution < 1.29 is 17.9 Å². The second-order valence-electron chi connectivity index (χ2n) is 7.33. The molecule has 0 aromatic heterocycles. The topological polar surface area (TPSA) is 84.5 Å². The molecule has 0 heterocycles. The van der Waals surface area contributed by atoms with Gasteiger partial charge in [0.15, 0.2) is 6.61 Å². The van der Waals surface area contributed by atoms with Crippen molar-refractivity contribution in [3.63, 3.8) is 0 Å². The van der Waals surface area contributed by atoms with Crippen LogP contribution in [-0.4, -0.2) is 27.5 Å². The molecule has 0 aliphatic carbocycles. The summed E-state index contributed by atoms with van der Waals surface area (Å²) < 4.78 is 32.4. The highest BCUT2D eigenvalue weighted by Crippen LogP contribution is 2.22. The van der Waals surface area contributed by atoms with Gasteiger partial charge in [-0.05, 0) is 62.1 Å². The highest BCUT2D eigenvalue weighted by atomic mass is 32.2. The molecule has 0 aliphatic rings. The minimum atomic E-state index is -3.54. The first-order valence-electron chi connectivity index (χ1n) is 9.18. The molecule has 2 aromatic rings. The molecule has 0 aliphatic heterocycles. The van der Waals surface area contributed by atoms with Crippen molar-refractivity contribution in [2.45, 2.75) is 39.5 Å². The van der Waals surface area contributed by atoms with Crippen LogP contribution in [0.15, 0.2) is 41.3 Å². The summed E-state index contributed by atoms with van der Waals surface area (Å²) in [6.07, 6.45) is 0. The van der Waals surface area contributed by atoms with Gasteiger partial charge in [0.1, 0.15) is 5.75 Å². The van der Waals surface area contributed by atoms with Crippen molar-refractivity contribution in [1.29, 1.82) is 0 Å². The van der Waals surface area contributed by atoms with Crippen LogP contribution in [0.3, 0.4) is 0 Å². The summed E-state index contributed by atoms with van der Waals surface area (Å²) in [4.78, 5) is 12.4. The molecule has 1 amide bonds. The lowest BCUT2D eigenvalue weighted by atomic mass is 10.1. The zero-order chi connectivity index (χ0) is 20.9. The molecule has 0 bridgehead atoms. The van der Waals surface area contributed by atoms with Crippen LogP contribution in [0.2, 0.25) is 0 Å². The molecule has 0 unspecified atom stereocenters. The van der Waals surface area contributed by atoms with Gasteiger partial charge in [0.05, 0.1) is 4.90 Å². The number of hydrogen-bond donors (Lipinski definition) is 2. The Balaban J connectivity index is 1.95. The first-order valence-corrected chi connectivity index (χ1v) is 10.7. The van der Waals surface area contributed by atoms with Crippen molar-refractivity contribution in [3.8, 4) is 5.75 Å². The Morgan fingerprint density at radius 1 is 1.04 bits per heavy atom. The summed E-state index contributed by atoms with van der Waals surface area (Å²) in [5, 5.41) is 2.87. The van der Waals surface area contributed by atoms with Crippen LogP contribution in [0, 0.1) is 26.7 Å². The molecule has 2 N–H and O–H groups in total. The van der Waals surface area contributed by atoms with Gasteiger partial charge in [0.2, 0.25) is 10.0 Å². The van der Waals surface area contributed by atoms with Gasteiger partial charge in [-0.25, -0.2) is 13.1 Å². The number of rotatable bonds is 8. The van der Waals surface area contributed by atoms with E-state index in [2.05, 4.69) is 10.0 Å². The molecular weight excluding hydrogens is 376 g/mol. The lowest BCUT2D eigenvalue weighted by Gasteiger charge is -2.13. The van der Waals surface area contributed by atoms with E-state index in [0.29, 0.717) is 12.3 Å². The van der Waals surface area contributed by atoms with Gasteiger partial charge in [-0.3, -0.25) is 4.79 Å². The maximum atomic E-state index is 12.2. The van der Waals surface area contributed by atoms with Gasteiger partial charge >= 0.3 is 0 Å². The van der Waals surface area contributed by atoms with Crippen molar-refractivity contribution in [2.24, 2.45) is 5.92 Å². The Kier molecular flexibility index (Phi) is 7.21. The van der Waals surface area contributed by atoms with Gasteiger partial charge in [-0.15, -0.1) is 0 Å². The van der Waals surface area contributed by atoms with Gasteiger partial charge < -0.3 is 10.1 Å². The van der Waals surface area contributed by atoms with E-state index >= 15 is 0 Å². The minimum absolute atomic E-state index is 0.162. The van der Waals surface area contributed by atoms with Crippen LogP contribution in [0.1, 0.15) is 30.5 Å². The van der Waals surface area contributed by atoms with Crippen molar-refractivity contribution in [1.82, 2.24) is 4.72 Å². The van der Waals surface area contributed by atoms with Crippen molar-refractivity contribution in [3.05, 3.63) is 53.1 Å². The van der Waals surface area contributed by atoms with E-state index in [1.165, 1.54) is 12.1 Å². The number of nitrogens with one attached hydrogen (secondary N) is 2. The Labute approximate surface area is 167 Å². The van der Waals surface area contributed by atoms with E-state index in [9.17, 15) is 13.2 Å². The Bertz CT molecular complexity index is 912. The lowest BCUT2D eigenvalue weighted by Crippen LogP contribution is -2.27. The summed E-state index contributed by atoms with van der Waals surface area (Å²) in [7, 11) is -3.54. The van der Waals surface area contributed by atoms with Crippen LogP contribution >= 0.6 is 0 Å². The van der Waals surface area contributed by atoms with E-state index in [0.717, 1.165) is 22.4 Å². The van der Waals surface area contributed by atoms with Gasteiger partial charge in [0, 0.05) is 12.2 Å². The van der Waals surface area contributed by atoms with Crippen LogP contribution in [0.4, 0.5) is 5.69 Å². The number of amides is 1. The van der Waals surface area contributed by atoms with Crippen molar-refractivity contribution in [2.75, 3.05) is 18.5 Å². The summed E-state index contributed by atoms with van der Waals surface area (Å²) in [6, 6.07) is 10.0. The van der Waals surface area contributed by atoms with Crippen LogP contribution < -0.4 is 14.8 Å². The van der Waals surface area contributed by atoms with Crippen LogP contribution in [0.5, 0.6) is 5.75 Å². The normalized spacial score (nSPS) is 11.5. The molecule has 2 aromatic carbocycles. The lowest BCUT2D eigenvalue weighted by molar-refractivity contribution is -0.118. The predicted molar refractivity (Wildman–Crippen MR) is 111 cm³/mol. The third-order valence-electron chi connectivity index (χ3n) is 4.13. The van der Waals surface area contributed by atoms with Crippen LogP contribution in [0.25, 0.3) is 0 Å². The SMILES string of the molecule is Cc1cc(C)c(NC(=O)COc2ccc(S(=O)(=O)NCC(C)C)cc2)c(C)c1. The Morgan fingerprint density at radius 3 is 2.14 bits per heavy atom. The van der Waals surface area contributed by atoms with Crippen molar-refractivity contribution >= 4 is 21.6 Å². The van der Waals surface area contributed by atoms with Gasteiger partial charge in [-0.2, -0.15) is 0 Å². The van der Waals surface area contributed by atoms with E-state index in [1.54, 1.807) is 12.1 Å². The van der Waals surface area contributed by atoms with E-state index in [1.807, 2.05) is 46.8 Å². The highest BCUT2D eigenvalue weighted by molar-refractivity contribution is 7.89. The third-order valence-corrected chi connectivity index (χ3v) is 5.57. The molecule has 0 atom stereocenters. The molecule has 0 spiro atoms. The van der Waals surface area contributed by atoms with Gasteiger partial charge in [0.25, 0.3) is 5.91 Å². The largest absolute Gasteiger partial charge is 0.484 e. The molecule has 152 valence electrons. The quantitative estimate of drug-likeness (QED) is 0.704. The maximum absolute atomic E-state index is 12.2. The average molecular weight is 405 g/mol. The number of benzene rings is 2. The van der Waals surface area contributed by atoms with Gasteiger partial charge in [-0.1, -0.05) is 31.5 Å². The smallest absolute Gasteiger partial charge is 0.262 e. The summed E-state index contributed by atoms with van der Waals surface area (Å²) in [5.41, 5.74) is 3.92. The molecule has 2 rings (SSSR count). The van der Waals surface area contributed by atoms with E-state index in [-0.39, 0.29) is 23.3 Å². The summed E-state index contributed by atoms with van der Waals surface area (Å²) in [6.45, 7) is 9.99. The monoisotopic (exact) mass is 404 g/mol. The van der Waals surface area contributed by atoms with E-state index < -0.39 is 10.0 Å². The average Bonchev–Trinajstić information content (AvgIpc) is 2.62. The first-order chi connectivity index (χ1) is 13.1. The molecular formula is C21H28N2O4S. The zero-order valence-electron chi connectivity index (χ0n) is 17.0. The number of sulfonamides is 1. The number of hydrogen-bond acceptors (Lipinski definition) is 4. The fourth-order valence-electron chi connectivity index (χ4n) is 2.78. The fourth-order valence-corrected chi connectivity index (χ4v) is 3.99.